The molecule has 1 aromatic rings. The number of allylic oxidation sites excluding steroid dienone is 2. The normalized spacial score (nSPS) is 25.9. The van der Waals surface area contributed by atoms with Crippen LogP contribution in [0.25, 0.3) is 0 Å². The van der Waals surface area contributed by atoms with Gasteiger partial charge in [-0.25, -0.2) is 8.42 Å². The van der Waals surface area contributed by atoms with E-state index in [9.17, 15) is 23.3 Å². The average Bonchev–Trinajstić information content (AvgIpc) is 2.58. The van der Waals surface area contributed by atoms with Crippen LogP contribution in [-0.4, -0.2) is 36.0 Å². The van der Waals surface area contributed by atoms with Crippen LogP contribution in [0.1, 0.15) is 13.3 Å². The van der Waals surface area contributed by atoms with Crippen LogP contribution in [-0.2, 0) is 14.8 Å². The van der Waals surface area contributed by atoms with Crippen LogP contribution >= 0.6 is 0 Å². The van der Waals surface area contributed by atoms with Crippen molar-refractivity contribution in [2.24, 2.45) is 5.92 Å². The van der Waals surface area contributed by atoms with Crippen molar-refractivity contribution in [3.8, 4) is 0 Å². The van der Waals surface area contributed by atoms with Gasteiger partial charge in [-0.3, -0.25) is 14.9 Å². The Hall–Kier alpha value is -2.32. The molecule has 2 bridgehead atoms. The minimum Gasteiger partial charge on any atom is -0.294 e. The number of rotatable bonds is 3. The molecule has 0 saturated carbocycles. The first-order valence-electron chi connectivity index (χ1n) is 7.48. The number of fused-ring (bicyclic) bond motifs is 2. The van der Waals surface area contributed by atoms with Crippen molar-refractivity contribution >= 4 is 21.5 Å². The summed E-state index contributed by atoms with van der Waals surface area (Å²) in [4.78, 5) is 22.1. The molecular formula is C16H16N2O5S. The van der Waals surface area contributed by atoms with E-state index in [1.807, 2.05) is 0 Å². The standard InChI is InChI=1S/C16H16N2O5S/c1-2-11-10-17(13-5-8-16(19)15(11)9-13)24(22,23)14-6-3-12(4-7-14)18(20)21/h2-8,13,15H,9-10H2,1H3/b11-2-/t13-,15+/m1/s1. The number of piperidine rings is 1. The summed E-state index contributed by atoms with van der Waals surface area (Å²) in [5, 5.41) is 10.7. The van der Waals surface area contributed by atoms with Crippen LogP contribution in [0.3, 0.4) is 0 Å². The van der Waals surface area contributed by atoms with Crippen molar-refractivity contribution in [3.63, 3.8) is 0 Å². The lowest BCUT2D eigenvalue weighted by atomic mass is 9.81. The van der Waals surface area contributed by atoms with Crippen LogP contribution in [0.4, 0.5) is 5.69 Å². The Labute approximate surface area is 139 Å². The molecule has 0 amide bonds. The zero-order valence-corrected chi connectivity index (χ0v) is 13.8. The zero-order chi connectivity index (χ0) is 17.5. The lowest BCUT2D eigenvalue weighted by Crippen LogP contribution is -2.49. The van der Waals surface area contributed by atoms with Gasteiger partial charge in [-0.05, 0) is 37.1 Å². The second kappa shape index (κ2) is 5.95. The molecule has 1 aliphatic carbocycles. The number of carbonyl (C=O) groups is 1. The van der Waals surface area contributed by atoms with Gasteiger partial charge in [0.2, 0.25) is 10.0 Å². The van der Waals surface area contributed by atoms with Crippen LogP contribution in [0.5, 0.6) is 0 Å². The molecule has 0 aromatic heterocycles. The van der Waals surface area contributed by atoms with Crippen molar-refractivity contribution in [2.75, 3.05) is 6.54 Å². The molecule has 2 atom stereocenters. The van der Waals surface area contributed by atoms with E-state index >= 15 is 0 Å². The summed E-state index contributed by atoms with van der Waals surface area (Å²) in [5.41, 5.74) is 0.621. The Kier molecular flexibility index (Phi) is 4.10. The molecule has 1 fully saturated rings. The van der Waals surface area contributed by atoms with Gasteiger partial charge in [0.05, 0.1) is 9.82 Å². The minimum atomic E-state index is -3.81. The number of nitrogens with zero attached hydrogens (tertiary/aromatic N) is 2. The highest BCUT2D eigenvalue weighted by Gasteiger charge is 2.41. The number of benzene rings is 1. The summed E-state index contributed by atoms with van der Waals surface area (Å²) in [6.07, 6.45) is 5.28. The van der Waals surface area contributed by atoms with Gasteiger partial charge in [0.1, 0.15) is 0 Å². The Morgan fingerprint density at radius 2 is 1.96 bits per heavy atom. The maximum Gasteiger partial charge on any atom is 0.269 e. The average molecular weight is 348 g/mol. The molecule has 126 valence electrons. The molecule has 3 rings (SSSR count). The number of ketones is 1. The molecule has 1 saturated heterocycles. The molecule has 0 spiro atoms. The Morgan fingerprint density at radius 3 is 2.54 bits per heavy atom. The molecule has 1 aromatic carbocycles. The fourth-order valence-electron chi connectivity index (χ4n) is 3.14. The summed E-state index contributed by atoms with van der Waals surface area (Å²) >= 11 is 0. The van der Waals surface area contributed by atoms with Gasteiger partial charge >= 0.3 is 0 Å². The lowest BCUT2D eigenvalue weighted by molar-refractivity contribution is -0.384. The van der Waals surface area contributed by atoms with Gasteiger partial charge < -0.3 is 0 Å². The SMILES string of the molecule is C/C=C1/CN(S(=O)(=O)c2ccc([N+](=O)[O-])cc2)[C@@H]2C=CC(=O)[C@H]1C2. The summed E-state index contributed by atoms with van der Waals surface area (Å²) in [5.74, 6) is -0.250. The number of nitro groups is 1. The molecule has 0 radical (unpaired) electrons. The van der Waals surface area contributed by atoms with Crippen molar-refractivity contribution < 1.29 is 18.1 Å². The van der Waals surface area contributed by atoms with E-state index in [-0.39, 0.29) is 34.9 Å². The van der Waals surface area contributed by atoms with Crippen LogP contribution < -0.4 is 0 Å². The highest BCUT2D eigenvalue weighted by atomic mass is 32.2. The Bertz CT molecular complexity index is 855. The largest absolute Gasteiger partial charge is 0.294 e. The van der Waals surface area contributed by atoms with E-state index in [0.717, 1.165) is 5.57 Å². The lowest BCUT2D eigenvalue weighted by Gasteiger charge is -2.40. The number of hydrogen-bond acceptors (Lipinski definition) is 5. The number of sulfonamides is 1. The van der Waals surface area contributed by atoms with Crippen molar-refractivity contribution in [1.82, 2.24) is 4.31 Å². The van der Waals surface area contributed by atoms with Crippen molar-refractivity contribution in [1.29, 1.82) is 0 Å². The van der Waals surface area contributed by atoms with Gasteiger partial charge in [-0.15, -0.1) is 0 Å². The van der Waals surface area contributed by atoms with Crippen molar-refractivity contribution in [2.45, 2.75) is 24.3 Å². The van der Waals surface area contributed by atoms with Crippen LogP contribution in [0.2, 0.25) is 0 Å². The number of carbonyl (C=O) groups excluding carboxylic acids is 1. The number of hydrogen-bond donors (Lipinski definition) is 0. The smallest absolute Gasteiger partial charge is 0.269 e. The molecule has 24 heavy (non-hydrogen) atoms. The predicted octanol–water partition coefficient (Wildman–Crippen LogP) is 2.06. The fourth-order valence-corrected chi connectivity index (χ4v) is 4.73. The van der Waals surface area contributed by atoms with Gasteiger partial charge in [0, 0.05) is 30.6 Å². The van der Waals surface area contributed by atoms with Crippen LogP contribution in [0, 0.1) is 16.0 Å². The topological polar surface area (TPSA) is 97.6 Å². The summed E-state index contributed by atoms with van der Waals surface area (Å²) in [6.45, 7) is 1.94. The number of nitro benzene ring substituents is 1. The first-order valence-corrected chi connectivity index (χ1v) is 8.92. The predicted molar refractivity (Wildman–Crippen MR) is 86.8 cm³/mol. The first kappa shape index (κ1) is 16.5. The second-order valence-corrected chi connectivity index (χ2v) is 7.67. The third kappa shape index (κ3) is 2.67. The van der Waals surface area contributed by atoms with Crippen molar-refractivity contribution in [3.05, 3.63) is 58.2 Å². The fraction of sp³-hybridized carbons (Fsp3) is 0.312. The number of non-ortho nitro benzene ring substituents is 1. The van der Waals surface area contributed by atoms with E-state index in [0.29, 0.717) is 6.42 Å². The monoisotopic (exact) mass is 348 g/mol. The molecule has 1 heterocycles. The summed E-state index contributed by atoms with van der Waals surface area (Å²) in [6, 6.07) is 4.46. The molecule has 1 aliphatic heterocycles. The Morgan fingerprint density at radius 1 is 1.29 bits per heavy atom. The summed E-state index contributed by atoms with van der Waals surface area (Å²) in [7, 11) is -3.81. The quantitative estimate of drug-likeness (QED) is 0.473. The minimum absolute atomic E-state index is 0.00624. The van der Waals surface area contributed by atoms with E-state index in [2.05, 4.69) is 0 Å². The van der Waals surface area contributed by atoms with Gasteiger partial charge in [-0.2, -0.15) is 4.31 Å². The molecule has 0 N–H and O–H groups in total. The molecule has 0 unspecified atom stereocenters. The first-order chi connectivity index (χ1) is 11.3. The van der Waals surface area contributed by atoms with Gasteiger partial charge in [0.15, 0.2) is 5.78 Å². The van der Waals surface area contributed by atoms with Crippen LogP contribution in [0.15, 0.2) is 53.0 Å². The highest BCUT2D eigenvalue weighted by Crippen LogP contribution is 2.36. The molecule has 7 nitrogen and oxygen atoms in total. The zero-order valence-electron chi connectivity index (χ0n) is 13.0. The highest BCUT2D eigenvalue weighted by molar-refractivity contribution is 7.89. The molecule has 8 heteroatoms. The molecular weight excluding hydrogens is 332 g/mol. The maximum absolute atomic E-state index is 12.9. The Balaban J connectivity index is 1.98. The van der Waals surface area contributed by atoms with Gasteiger partial charge in [-0.1, -0.05) is 12.2 Å². The molecule has 2 aliphatic rings. The van der Waals surface area contributed by atoms with E-state index < -0.39 is 14.9 Å². The maximum atomic E-state index is 12.9. The summed E-state index contributed by atoms with van der Waals surface area (Å²) < 4.78 is 27.2. The third-order valence-corrected chi connectivity index (χ3v) is 6.37. The second-order valence-electron chi connectivity index (χ2n) is 5.78. The van der Waals surface area contributed by atoms with E-state index in [1.165, 1.54) is 34.6 Å². The third-order valence-electron chi connectivity index (χ3n) is 4.48. The van der Waals surface area contributed by atoms with E-state index in [1.54, 1.807) is 19.1 Å². The van der Waals surface area contributed by atoms with Gasteiger partial charge in [0.25, 0.3) is 5.69 Å². The van der Waals surface area contributed by atoms with E-state index in [4.69, 9.17) is 0 Å².